The summed E-state index contributed by atoms with van der Waals surface area (Å²) in [6.07, 6.45) is -2.44. The number of amides is 1. The fraction of sp³-hybridized carbons (Fsp3) is 0.345. The first kappa shape index (κ1) is 32.9. The molecule has 2 N–H and O–H groups in total. The minimum absolute atomic E-state index is 0.219. The molecule has 11 nitrogen and oxygen atoms in total. The maximum absolute atomic E-state index is 14.9. The highest BCUT2D eigenvalue weighted by Gasteiger charge is 2.39. The number of nitrogens with zero attached hydrogens (tertiary/aromatic N) is 4. The van der Waals surface area contributed by atoms with Crippen molar-refractivity contribution in [3.8, 4) is 11.1 Å². The van der Waals surface area contributed by atoms with Crippen LogP contribution in [0.5, 0.6) is 0 Å². The number of benzene rings is 1. The largest absolute Gasteiger partial charge is 0.467 e. The molecule has 240 valence electrons. The smallest absolute Gasteiger partial charge is 0.408 e. The number of esters is 1. The highest BCUT2D eigenvalue weighted by molar-refractivity contribution is 5.97. The molecule has 1 amide bonds. The molecule has 0 aliphatic heterocycles. The van der Waals surface area contributed by atoms with E-state index < -0.39 is 70.7 Å². The van der Waals surface area contributed by atoms with Crippen LogP contribution in [0.3, 0.4) is 0 Å². The van der Waals surface area contributed by atoms with Crippen molar-refractivity contribution in [1.29, 1.82) is 0 Å². The standard InChI is InChI=1S/C29H29F5N6O5/c1-6-22(29(32,33)34)36-20-13-18(30)17(12-19(20)31)25(41)37-21(27(43)45-5)11-15-7-8-16(24-35-9-10-40(15)24)23-14(2)38(3)28(44)39(4)26(23)42/h7-10,12-13,21-22,36H,6,11H2,1-5H3,(H,37,41)/t21-,22+/m0/s1. The predicted octanol–water partition coefficient (Wildman–Crippen LogP) is 3.25. The molecule has 0 radical (unpaired) electrons. The van der Waals surface area contributed by atoms with Crippen molar-refractivity contribution in [3.63, 3.8) is 0 Å². The number of rotatable bonds is 9. The fourth-order valence-corrected chi connectivity index (χ4v) is 4.90. The average molecular weight is 637 g/mol. The molecule has 45 heavy (non-hydrogen) atoms. The Hall–Kier alpha value is -5.02. The summed E-state index contributed by atoms with van der Waals surface area (Å²) < 4.78 is 77.6. The number of imidazole rings is 1. The van der Waals surface area contributed by atoms with E-state index >= 15 is 0 Å². The molecule has 0 spiro atoms. The van der Waals surface area contributed by atoms with Gasteiger partial charge in [-0.3, -0.25) is 14.2 Å². The molecule has 3 aromatic heterocycles. The Balaban J connectivity index is 1.67. The molecule has 16 heteroatoms. The lowest BCUT2D eigenvalue weighted by atomic mass is 10.0. The van der Waals surface area contributed by atoms with Crippen LogP contribution in [-0.4, -0.2) is 55.8 Å². The molecular formula is C29H29F5N6O5. The second-order valence-corrected chi connectivity index (χ2v) is 10.2. The Kier molecular flexibility index (Phi) is 9.16. The summed E-state index contributed by atoms with van der Waals surface area (Å²) in [6.45, 7) is 2.82. The minimum Gasteiger partial charge on any atom is -0.467 e. The molecule has 0 unspecified atom stereocenters. The van der Waals surface area contributed by atoms with Crippen LogP contribution in [0.1, 0.15) is 35.1 Å². The summed E-state index contributed by atoms with van der Waals surface area (Å²) in [4.78, 5) is 55.4. The minimum atomic E-state index is -4.73. The van der Waals surface area contributed by atoms with Crippen LogP contribution in [0, 0.1) is 18.6 Å². The van der Waals surface area contributed by atoms with Gasteiger partial charge in [-0.2, -0.15) is 13.2 Å². The van der Waals surface area contributed by atoms with Crippen molar-refractivity contribution in [3.05, 3.63) is 86.1 Å². The quantitative estimate of drug-likeness (QED) is 0.213. The maximum Gasteiger partial charge on any atom is 0.408 e. The summed E-state index contributed by atoms with van der Waals surface area (Å²) in [5.41, 5.74) is -1.02. The molecular weight excluding hydrogens is 607 g/mol. The highest BCUT2D eigenvalue weighted by atomic mass is 19.4. The maximum atomic E-state index is 14.9. The van der Waals surface area contributed by atoms with Gasteiger partial charge in [-0.25, -0.2) is 23.4 Å². The van der Waals surface area contributed by atoms with Gasteiger partial charge in [0.1, 0.15) is 29.4 Å². The Bertz CT molecular complexity index is 1910. The van der Waals surface area contributed by atoms with Gasteiger partial charge < -0.3 is 24.3 Å². The Labute approximate surface area is 252 Å². The van der Waals surface area contributed by atoms with E-state index in [0.29, 0.717) is 34.7 Å². The number of nitrogens with one attached hydrogen (secondary N) is 2. The number of fused-ring (bicyclic) bond motifs is 1. The molecule has 0 bridgehead atoms. The van der Waals surface area contributed by atoms with Crippen LogP contribution in [0.15, 0.2) is 46.2 Å². The summed E-state index contributed by atoms with van der Waals surface area (Å²) in [5.74, 6) is -4.79. The molecule has 2 atom stereocenters. The van der Waals surface area contributed by atoms with Gasteiger partial charge in [0.2, 0.25) is 0 Å². The first-order chi connectivity index (χ1) is 21.1. The van der Waals surface area contributed by atoms with E-state index in [9.17, 15) is 41.1 Å². The number of ether oxygens (including phenoxy) is 1. The van der Waals surface area contributed by atoms with E-state index in [0.717, 1.165) is 11.7 Å². The van der Waals surface area contributed by atoms with E-state index in [1.165, 1.54) is 38.0 Å². The SMILES string of the molecule is CC[C@@H](Nc1cc(F)c(C(=O)N[C@@H](Cc2ccc(-c3c(C)n(C)c(=O)n(C)c3=O)c3nccn23)C(=O)OC)cc1F)C(F)(F)F. The zero-order valence-corrected chi connectivity index (χ0v) is 24.8. The Morgan fingerprint density at radius 1 is 1.07 bits per heavy atom. The first-order valence-corrected chi connectivity index (χ1v) is 13.5. The normalized spacial score (nSPS) is 13.0. The van der Waals surface area contributed by atoms with Crippen LogP contribution < -0.4 is 21.9 Å². The van der Waals surface area contributed by atoms with Crippen molar-refractivity contribution in [2.75, 3.05) is 12.4 Å². The van der Waals surface area contributed by atoms with Crippen LogP contribution in [0.25, 0.3) is 16.8 Å². The third-order valence-electron chi connectivity index (χ3n) is 7.50. The number of alkyl halides is 3. The van der Waals surface area contributed by atoms with Gasteiger partial charge in [0.05, 0.1) is 23.9 Å². The van der Waals surface area contributed by atoms with Crippen LogP contribution >= 0.6 is 0 Å². The number of hydrogen-bond donors (Lipinski definition) is 2. The summed E-state index contributed by atoms with van der Waals surface area (Å²) in [7, 11) is 3.92. The van der Waals surface area contributed by atoms with Gasteiger partial charge in [0.25, 0.3) is 11.5 Å². The van der Waals surface area contributed by atoms with Gasteiger partial charge in [0, 0.05) is 55.9 Å². The van der Waals surface area contributed by atoms with Gasteiger partial charge in [-0.05, 0) is 31.5 Å². The number of pyridine rings is 1. The zero-order chi connectivity index (χ0) is 33.4. The number of methoxy groups -OCH3 is 1. The second kappa shape index (κ2) is 12.5. The number of carbonyl (C=O) groups is 2. The van der Waals surface area contributed by atoms with Crippen molar-refractivity contribution in [2.45, 2.75) is 44.9 Å². The van der Waals surface area contributed by atoms with Crippen molar-refractivity contribution < 1.29 is 36.3 Å². The van der Waals surface area contributed by atoms with Gasteiger partial charge in [0.15, 0.2) is 0 Å². The second-order valence-electron chi connectivity index (χ2n) is 10.2. The molecule has 0 saturated heterocycles. The number of carbonyl (C=O) groups excluding carboxylic acids is 2. The molecule has 0 aliphatic carbocycles. The number of aromatic nitrogens is 4. The molecule has 3 heterocycles. The summed E-state index contributed by atoms with van der Waals surface area (Å²) in [6, 6.07) is 0.409. The third kappa shape index (κ3) is 6.30. The summed E-state index contributed by atoms with van der Waals surface area (Å²) in [5, 5.41) is 4.19. The number of anilines is 1. The van der Waals surface area contributed by atoms with E-state index in [-0.39, 0.29) is 12.0 Å². The lowest BCUT2D eigenvalue weighted by Gasteiger charge is -2.22. The van der Waals surface area contributed by atoms with Crippen molar-refractivity contribution in [2.24, 2.45) is 14.1 Å². The molecule has 0 aliphatic rings. The Morgan fingerprint density at radius 2 is 1.76 bits per heavy atom. The average Bonchev–Trinajstić information content (AvgIpc) is 3.49. The summed E-state index contributed by atoms with van der Waals surface area (Å²) >= 11 is 0. The Morgan fingerprint density at radius 3 is 2.38 bits per heavy atom. The number of hydrogen-bond acceptors (Lipinski definition) is 7. The molecule has 4 aromatic rings. The van der Waals surface area contributed by atoms with Crippen molar-refractivity contribution >= 4 is 23.2 Å². The van der Waals surface area contributed by atoms with E-state index in [2.05, 4.69) is 10.3 Å². The van der Waals surface area contributed by atoms with E-state index in [4.69, 9.17) is 4.74 Å². The molecule has 0 fully saturated rings. The lowest BCUT2D eigenvalue weighted by molar-refractivity contribution is -0.143. The monoisotopic (exact) mass is 636 g/mol. The highest BCUT2D eigenvalue weighted by Crippen LogP contribution is 2.29. The van der Waals surface area contributed by atoms with Crippen LogP contribution in [0.4, 0.5) is 27.6 Å². The van der Waals surface area contributed by atoms with Gasteiger partial charge in [-0.1, -0.05) is 6.92 Å². The molecule has 1 aromatic carbocycles. The van der Waals surface area contributed by atoms with E-state index in [1.54, 1.807) is 23.5 Å². The van der Waals surface area contributed by atoms with Crippen LogP contribution in [-0.2, 0) is 30.0 Å². The number of halogens is 5. The molecule has 4 rings (SSSR count). The topological polar surface area (TPSA) is 129 Å². The lowest BCUT2D eigenvalue weighted by Crippen LogP contribution is -2.43. The molecule has 0 saturated carbocycles. The zero-order valence-electron chi connectivity index (χ0n) is 24.8. The first-order valence-electron chi connectivity index (χ1n) is 13.5. The predicted molar refractivity (Wildman–Crippen MR) is 153 cm³/mol. The fourth-order valence-electron chi connectivity index (χ4n) is 4.90. The van der Waals surface area contributed by atoms with Gasteiger partial charge >= 0.3 is 17.8 Å². The third-order valence-corrected chi connectivity index (χ3v) is 7.50. The van der Waals surface area contributed by atoms with Crippen LogP contribution in [0.2, 0.25) is 0 Å². The van der Waals surface area contributed by atoms with Crippen molar-refractivity contribution in [1.82, 2.24) is 23.8 Å². The van der Waals surface area contributed by atoms with Gasteiger partial charge in [-0.15, -0.1) is 0 Å². The van der Waals surface area contributed by atoms with E-state index in [1.807, 2.05) is 5.32 Å².